The van der Waals surface area contributed by atoms with Gasteiger partial charge in [0.05, 0.1) is 5.56 Å². The van der Waals surface area contributed by atoms with E-state index in [4.69, 9.17) is 4.74 Å². The van der Waals surface area contributed by atoms with Crippen molar-refractivity contribution in [2.24, 2.45) is 0 Å². The third-order valence-electron chi connectivity index (χ3n) is 4.26. The molecule has 1 aliphatic carbocycles. The van der Waals surface area contributed by atoms with Gasteiger partial charge in [-0.3, -0.25) is 4.79 Å². The van der Waals surface area contributed by atoms with Crippen LogP contribution in [0.4, 0.5) is 5.69 Å². The first-order valence-electron chi connectivity index (χ1n) is 8.41. The maximum absolute atomic E-state index is 12.5. The average molecular weight is 327 g/mol. The summed E-state index contributed by atoms with van der Waals surface area (Å²) in [5, 5.41) is 3.01. The molecule has 1 aromatic carbocycles. The first-order valence-corrected chi connectivity index (χ1v) is 8.41. The molecule has 0 bridgehead atoms. The Balaban J connectivity index is 1.64. The Morgan fingerprint density at radius 3 is 2.79 bits per heavy atom. The van der Waals surface area contributed by atoms with Crippen LogP contribution in [-0.4, -0.2) is 43.0 Å². The number of H-pyrrole nitrogens is 1. The van der Waals surface area contributed by atoms with E-state index in [2.05, 4.69) is 15.2 Å². The van der Waals surface area contributed by atoms with Crippen LogP contribution in [0.3, 0.4) is 0 Å². The third-order valence-corrected chi connectivity index (χ3v) is 4.26. The highest BCUT2D eigenvalue weighted by atomic mass is 16.5. The summed E-state index contributed by atoms with van der Waals surface area (Å²) in [4.78, 5) is 17.8. The first-order chi connectivity index (χ1) is 11.5. The fraction of sp³-hybridized carbons (Fsp3) is 0.421. The van der Waals surface area contributed by atoms with Crippen LogP contribution in [-0.2, 0) is 0 Å². The molecule has 5 heteroatoms. The number of benzene rings is 1. The van der Waals surface area contributed by atoms with Gasteiger partial charge in [0.25, 0.3) is 5.91 Å². The number of rotatable bonds is 7. The zero-order valence-corrected chi connectivity index (χ0v) is 14.6. The predicted octanol–water partition coefficient (Wildman–Crippen LogP) is 3.39. The van der Waals surface area contributed by atoms with Crippen molar-refractivity contribution in [3.05, 3.63) is 47.3 Å². The van der Waals surface area contributed by atoms with Gasteiger partial charge in [-0.05, 0) is 69.6 Å². The number of aromatic nitrogens is 1. The van der Waals surface area contributed by atoms with E-state index in [0.29, 0.717) is 12.5 Å². The molecule has 1 saturated carbocycles. The molecule has 0 radical (unpaired) electrons. The number of carbonyl (C=O) groups is 1. The standard InChI is InChI=1S/C19H25N3O2/c1-13-12-15(24-11-10-22(2)3)6-7-17(13)21-19(23)16-8-9-20-18(16)14-4-5-14/h6-9,12,14,20H,4-5,10-11H2,1-3H3,(H,21,23). The van der Waals surface area contributed by atoms with Crippen molar-refractivity contribution in [2.45, 2.75) is 25.7 Å². The Morgan fingerprint density at radius 1 is 1.33 bits per heavy atom. The monoisotopic (exact) mass is 327 g/mol. The van der Waals surface area contributed by atoms with E-state index in [1.54, 1.807) is 0 Å². The number of ether oxygens (including phenoxy) is 1. The van der Waals surface area contributed by atoms with Gasteiger partial charge in [-0.1, -0.05) is 0 Å². The van der Waals surface area contributed by atoms with Gasteiger partial charge in [-0.2, -0.15) is 0 Å². The number of hydrogen-bond acceptors (Lipinski definition) is 3. The van der Waals surface area contributed by atoms with Gasteiger partial charge < -0.3 is 19.9 Å². The molecular weight excluding hydrogens is 302 g/mol. The van der Waals surface area contributed by atoms with Crippen molar-refractivity contribution in [1.29, 1.82) is 0 Å². The number of carbonyl (C=O) groups excluding carboxylic acids is 1. The molecule has 0 saturated heterocycles. The number of likely N-dealkylation sites (N-methyl/N-ethyl adjacent to an activating group) is 1. The number of nitrogens with one attached hydrogen (secondary N) is 2. The summed E-state index contributed by atoms with van der Waals surface area (Å²) < 4.78 is 5.73. The summed E-state index contributed by atoms with van der Waals surface area (Å²) in [5.41, 5.74) is 3.63. The minimum Gasteiger partial charge on any atom is -0.492 e. The molecule has 0 aliphatic heterocycles. The molecule has 128 valence electrons. The molecule has 1 amide bonds. The summed E-state index contributed by atoms with van der Waals surface area (Å²) >= 11 is 0. The minimum atomic E-state index is -0.0532. The zero-order valence-electron chi connectivity index (χ0n) is 14.6. The van der Waals surface area contributed by atoms with E-state index in [0.717, 1.165) is 34.8 Å². The van der Waals surface area contributed by atoms with Gasteiger partial charge >= 0.3 is 0 Å². The van der Waals surface area contributed by atoms with Crippen LogP contribution in [0.5, 0.6) is 5.75 Å². The number of aromatic amines is 1. The van der Waals surface area contributed by atoms with Crippen molar-refractivity contribution in [2.75, 3.05) is 32.6 Å². The molecule has 1 heterocycles. The summed E-state index contributed by atoms with van der Waals surface area (Å²) in [7, 11) is 4.04. The zero-order chi connectivity index (χ0) is 17.1. The second-order valence-electron chi connectivity index (χ2n) is 6.66. The predicted molar refractivity (Wildman–Crippen MR) is 95.9 cm³/mol. The molecule has 1 fully saturated rings. The third kappa shape index (κ3) is 3.97. The molecule has 1 aromatic heterocycles. The molecule has 0 atom stereocenters. The fourth-order valence-electron chi connectivity index (χ4n) is 2.69. The van der Waals surface area contributed by atoms with Gasteiger partial charge in [0.15, 0.2) is 0 Å². The molecule has 2 N–H and O–H groups in total. The summed E-state index contributed by atoms with van der Waals surface area (Å²) in [6, 6.07) is 7.63. The van der Waals surface area contributed by atoms with E-state index >= 15 is 0 Å². The van der Waals surface area contributed by atoms with E-state index in [1.807, 2.05) is 51.5 Å². The molecular formula is C19H25N3O2. The average Bonchev–Trinajstić information content (AvgIpc) is 3.26. The van der Waals surface area contributed by atoms with E-state index in [-0.39, 0.29) is 5.91 Å². The van der Waals surface area contributed by atoms with Gasteiger partial charge in [-0.25, -0.2) is 0 Å². The quantitative estimate of drug-likeness (QED) is 0.819. The van der Waals surface area contributed by atoms with E-state index in [1.165, 1.54) is 12.8 Å². The van der Waals surface area contributed by atoms with Crippen molar-refractivity contribution in [3.8, 4) is 5.75 Å². The van der Waals surface area contributed by atoms with E-state index < -0.39 is 0 Å². The van der Waals surface area contributed by atoms with Crippen LogP contribution in [0.15, 0.2) is 30.5 Å². The Labute approximate surface area is 143 Å². The van der Waals surface area contributed by atoms with Crippen LogP contribution in [0.25, 0.3) is 0 Å². The summed E-state index contributed by atoms with van der Waals surface area (Å²) in [6.45, 7) is 3.49. The molecule has 1 aliphatic rings. The number of hydrogen-bond donors (Lipinski definition) is 2. The topological polar surface area (TPSA) is 57.4 Å². The van der Waals surface area contributed by atoms with Crippen LogP contribution in [0.2, 0.25) is 0 Å². The molecule has 2 aromatic rings. The van der Waals surface area contributed by atoms with Gasteiger partial charge in [0, 0.05) is 24.1 Å². The number of amides is 1. The van der Waals surface area contributed by atoms with Crippen molar-refractivity contribution in [1.82, 2.24) is 9.88 Å². The number of nitrogens with zero attached hydrogens (tertiary/aromatic N) is 1. The molecule has 0 spiro atoms. The minimum absolute atomic E-state index is 0.0532. The van der Waals surface area contributed by atoms with Crippen molar-refractivity contribution >= 4 is 11.6 Å². The lowest BCUT2D eigenvalue weighted by Crippen LogP contribution is -2.19. The molecule has 0 unspecified atom stereocenters. The lowest BCUT2D eigenvalue weighted by molar-refractivity contribution is 0.102. The maximum Gasteiger partial charge on any atom is 0.257 e. The summed E-state index contributed by atoms with van der Waals surface area (Å²) in [5.74, 6) is 1.30. The van der Waals surface area contributed by atoms with Crippen molar-refractivity contribution in [3.63, 3.8) is 0 Å². The second kappa shape index (κ2) is 7.09. The van der Waals surface area contributed by atoms with Crippen LogP contribution < -0.4 is 10.1 Å². The smallest absolute Gasteiger partial charge is 0.257 e. The van der Waals surface area contributed by atoms with Gasteiger partial charge in [0.1, 0.15) is 12.4 Å². The van der Waals surface area contributed by atoms with Crippen LogP contribution in [0.1, 0.15) is 40.4 Å². The highest BCUT2D eigenvalue weighted by molar-refractivity contribution is 6.05. The molecule has 3 rings (SSSR count). The molecule has 5 nitrogen and oxygen atoms in total. The lowest BCUT2D eigenvalue weighted by atomic mass is 10.1. The highest BCUT2D eigenvalue weighted by Gasteiger charge is 2.29. The lowest BCUT2D eigenvalue weighted by Gasteiger charge is -2.13. The van der Waals surface area contributed by atoms with Gasteiger partial charge in [0.2, 0.25) is 0 Å². The molecule has 24 heavy (non-hydrogen) atoms. The van der Waals surface area contributed by atoms with E-state index in [9.17, 15) is 4.79 Å². The first kappa shape index (κ1) is 16.6. The SMILES string of the molecule is Cc1cc(OCCN(C)C)ccc1NC(=O)c1cc[nH]c1C1CC1. The Hall–Kier alpha value is -2.27. The normalized spacial score (nSPS) is 14.0. The Morgan fingerprint density at radius 2 is 2.12 bits per heavy atom. The van der Waals surface area contributed by atoms with Gasteiger partial charge in [-0.15, -0.1) is 0 Å². The maximum atomic E-state index is 12.5. The highest BCUT2D eigenvalue weighted by Crippen LogP contribution is 2.40. The summed E-state index contributed by atoms with van der Waals surface area (Å²) in [6.07, 6.45) is 4.18. The van der Waals surface area contributed by atoms with Crippen LogP contribution in [0, 0.1) is 6.92 Å². The van der Waals surface area contributed by atoms with Crippen LogP contribution >= 0.6 is 0 Å². The number of anilines is 1. The Kier molecular flexibility index (Phi) is 4.90. The second-order valence-corrected chi connectivity index (χ2v) is 6.66. The van der Waals surface area contributed by atoms with Crippen molar-refractivity contribution < 1.29 is 9.53 Å². The largest absolute Gasteiger partial charge is 0.492 e. The fourth-order valence-corrected chi connectivity index (χ4v) is 2.69. The Bertz CT molecular complexity index is 717. The number of aryl methyl sites for hydroxylation is 1.